The highest BCUT2D eigenvalue weighted by atomic mass is 32.2. The first-order valence-corrected chi connectivity index (χ1v) is 10.1. The number of methoxy groups -OCH3 is 1. The van der Waals surface area contributed by atoms with E-state index in [9.17, 15) is 18.0 Å². The number of benzene rings is 1. The maximum atomic E-state index is 12.1. The molecule has 1 fully saturated rings. The maximum absolute atomic E-state index is 12.1. The Labute approximate surface area is 153 Å². The SMILES string of the molecule is COc1ccc(C)cc1NC(=O)COC(=O)C1CCN(S(C)(=O)=O)CC1. The molecule has 1 aromatic rings. The third-order valence-electron chi connectivity index (χ3n) is 4.23. The Bertz CT molecular complexity index is 769. The summed E-state index contributed by atoms with van der Waals surface area (Å²) in [7, 11) is -1.74. The van der Waals surface area contributed by atoms with Gasteiger partial charge in [-0.3, -0.25) is 9.59 Å². The predicted molar refractivity (Wildman–Crippen MR) is 96.5 cm³/mol. The number of piperidine rings is 1. The zero-order chi connectivity index (χ0) is 19.3. The first kappa shape index (κ1) is 20.2. The largest absolute Gasteiger partial charge is 0.495 e. The van der Waals surface area contributed by atoms with Crippen molar-refractivity contribution in [2.45, 2.75) is 19.8 Å². The van der Waals surface area contributed by atoms with Crippen LogP contribution in [-0.2, 0) is 24.3 Å². The van der Waals surface area contributed by atoms with Crippen LogP contribution in [0.3, 0.4) is 0 Å². The molecule has 0 unspecified atom stereocenters. The van der Waals surface area contributed by atoms with Crippen LogP contribution < -0.4 is 10.1 Å². The molecule has 1 aliphatic heterocycles. The number of esters is 1. The molecule has 0 aliphatic carbocycles. The molecule has 1 saturated heterocycles. The maximum Gasteiger partial charge on any atom is 0.309 e. The molecule has 2 rings (SSSR count). The number of sulfonamides is 1. The van der Waals surface area contributed by atoms with E-state index in [1.54, 1.807) is 12.1 Å². The van der Waals surface area contributed by atoms with Crippen LogP contribution in [0.25, 0.3) is 0 Å². The van der Waals surface area contributed by atoms with E-state index in [1.807, 2.05) is 13.0 Å². The van der Waals surface area contributed by atoms with E-state index in [0.29, 0.717) is 24.3 Å². The van der Waals surface area contributed by atoms with Gasteiger partial charge in [0.1, 0.15) is 5.75 Å². The van der Waals surface area contributed by atoms with Crippen LogP contribution in [-0.4, -0.2) is 57.7 Å². The Morgan fingerprint density at radius 3 is 2.50 bits per heavy atom. The summed E-state index contributed by atoms with van der Waals surface area (Å²) in [5, 5.41) is 2.66. The Morgan fingerprint density at radius 1 is 1.27 bits per heavy atom. The van der Waals surface area contributed by atoms with Gasteiger partial charge in [0.2, 0.25) is 10.0 Å². The van der Waals surface area contributed by atoms with E-state index < -0.39 is 34.4 Å². The third kappa shape index (κ3) is 5.43. The molecule has 1 aliphatic rings. The molecule has 8 nitrogen and oxygen atoms in total. The van der Waals surface area contributed by atoms with Crippen LogP contribution in [0.5, 0.6) is 5.75 Å². The molecule has 0 aromatic heterocycles. The molecule has 0 bridgehead atoms. The lowest BCUT2D eigenvalue weighted by Gasteiger charge is -2.28. The predicted octanol–water partition coefficient (Wildman–Crippen LogP) is 1.16. The van der Waals surface area contributed by atoms with Gasteiger partial charge in [0, 0.05) is 13.1 Å². The number of carbonyl (C=O) groups excluding carboxylic acids is 2. The number of nitrogens with one attached hydrogen (secondary N) is 1. The lowest BCUT2D eigenvalue weighted by atomic mass is 9.98. The molecule has 1 N–H and O–H groups in total. The molecule has 26 heavy (non-hydrogen) atoms. The fourth-order valence-electron chi connectivity index (χ4n) is 2.78. The molecule has 1 amide bonds. The van der Waals surface area contributed by atoms with Crippen molar-refractivity contribution in [2.75, 3.05) is 38.4 Å². The van der Waals surface area contributed by atoms with Crippen molar-refractivity contribution in [2.24, 2.45) is 5.92 Å². The number of rotatable bonds is 6. The van der Waals surface area contributed by atoms with Crippen LogP contribution in [0.1, 0.15) is 18.4 Å². The van der Waals surface area contributed by atoms with Crippen molar-refractivity contribution in [3.8, 4) is 5.75 Å². The van der Waals surface area contributed by atoms with Gasteiger partial charge in [-0.25, -0.2) is 12.7 Å². The van der Waals surface area contributed by atoms with Crippen molar-refractivity contribution in [3.63, 3.8) is 0 Å². The van der Waals surface area contributed by atoms with Crippen molar-refractivity contribution in [3.05, 3.63) is 23.8 Å². The molecule has 1 heterocycles. The molecule has 144 valence electrons. The summed E-state index contributed by atoms with van der Waals surface area (Å²) < 4.78 is 34.6. The van der Waals surface area contributed by atoms with Crippen molar-refractivity contribution >= 4 is 27.6 Å². The zero-order valence-electron chi connectivity index (χ0n) is 15.1. The Kier molecular flexibility index (Phi) is 6.60. The average Bonchev–Trinajstić information content (AvgIpc) is 2.59. The minimum absolute atomic E-state index is 0.283. The summed E-state index contributed by atoms with van der Waals surface area (Å²) in [6.07, 6.45) is 1.92. The second-order valence-corrected chi connectivity index (χ2v) is 8.28. The van der Waals surface area contributed by atoms with Gasteiger partial charge in [-0.15, -0.1) is 0 Å². The first-order chi connectivity index (χ1) is 12.2. The van der Waals surface area contributed by atoms with Crippen LogP contribution >= 0.6 is 0 Å². The Morgan fingerprint density at radius 2 is 1.92 bits per heavy atom. The van der Waals surface area contributed by atoms with Gasteiger partial charge in [-0.1, -0.05) is 6.07 Å². The molecule has 9 heteroatoms. The fraction of sp³-hybridized carbons (Fsp3) is 0.529. The highest BCUT2D eigenvalue weighted by Gasteiger charge is 2.30. The number of amides is 1. The quantitative estimate of drug-likeness (QED) is 0.739. The van der Waals surface area contributed by atoms with Gasteiger partial charge in [-0.05, 0) is 37.5 Å². The third-order valence-corrected chi connectivity index (χ3v) is 5.53. The highest BCUT2D eigenvalue weighted by Crippen LogP contribution is 2.25. The molecule has 0 saturated carbocycles. The van der Waals surface area contributed by atoms with Gasteiger partial charge >= 0.3 is 5.97 Å². The van der Waals surface area contributed by atoms with Gasteiger partial charge in [-0.2, -0.15) is 0 Å². The summed E-state index contributed by atoms with van der Waals surface area (Å²) in [5.41, 5.74) is 1.46. The van der Waals surface area contributed by atoms with E-state index in [4.69, 9.17) is 9.47 Å². The number of ether oxygens (including phenoxy) is 2. The number of hydrogen-bond donors (Lipinski definition) is 1. The lowest BCUT2D eigenvalue weighted by molar-refractivity contribution is -0.152. The van der Waals surface area contributed by atoms with Crippen molar-refractivity contribution in [1.82, 2.24) is 4.31 Å². The van der Waals surface area contributed by atoms with Crippen molar-refractivity contribution < 1.29 is 27.5 Å². The Hall–Kier alpha value is -2.13. The van der Waals surface area contributed by atoms with Crippen LogP contribution in [0, 0.1) is 12.8 Å². The standard InChI is InChI=1S/C17H24N2O6S/c1-12-4-5-15(24-2)14(10-12)18-16(20)11-25-17(21)13-6-8-19(9-7-13)26(3,22)23/h4-5,10,13H,6-9,11H2,1-3H3,(H,18,20). The fourth-order valence-corrected chi connectivity index (χ4v) is 3.66. The molecular weight excluding hydrogens is 360 g/mol. The summed E-state index contributed by atoms with van der Waals surface area (Å²) in [6.45, 7) is 2.05. The molecule has 0 spiro atoms. The summed E-state index contributed by atoms with van der Waals surface area (Å²) in [5.74, 6) is -0.821. The number of anilines is 1. The van der Waals surface area contributed by atoms with Crippen LogP contribution in [0.4, 0.5) is 5.69 Å². The molecule has 0 atom stereocenters. The number of carbonyl (C=O) groups is 2. The zero-order valence-corrected chi connectivity index (χ0v) is 16.0. The number of nitrogens with zero attached hydrogens (tertiary/aromatic N) is 1. The van der Waals surface area contributed by atoms with Gasteiger partial charge in [0.15, 0.2) is 6.61 Å². The van der Waals surface area contributed by atoms with Crippen LogP contribution in [0.2, 0.25) is 0 Å². The van der Waals surface area contributed by atoms with E-state index in [2.05, 4.69) is 5.32 Å². The monoisotopic (exact) mass is 384 g/mol. The van der Waals surface area contributed by atoms with E-state index in [-0.39, 0.29) is 13.1 Å². The van der Waals surface area contributed by atoms with E-state index >= 15 is 0 Å². The van der Waals surface area contributed by atoms with Gasteiger partial charge in [0.05, 0.1) is 25.0 Å². The van der Waals surface area contributed by atoms with E-state index in [0.717, 1.165) is 11.8 Å². The number of hydrogen-bond acceptors (Lipinski definition) is 6. The minimum atomic E-state index is -3.24. The molecular formula is C17H24N2O6S. The topological polar surface area (TPSA) is 102 Å². The van der Waals surface area contributed by atoms with Crippen molar-refractivity contribution in [1.29, 1.82) is 0 Å². The summed E-state index contributed by atoms with van der Waals surface area (Å²) >= 11 is 0. The molecule has 0 radical (unpaired) electrons. The average molecular weight is 384 g/mol. The molecule has 1 aromatic carbocycles. The lowest BCUT2D eigenvalue weighted by Crippen LogP contribution is -2.40. The smallest absolute Gasteiger partial charge is 0.309 e. The van der Waals surface area contributed by atoms with E-state index in [1.165, 1.54) is 11.4 Å². The number of aryl methyl sites for hydroxylation is 1. The first-order valence-electron chi connectivity index (χ1n) is 8.27. The van der Waals surface area contributed by atoms with Crippen LogP contribution in [0.15, 0.2) is 18.2 Å². The summed E-state index contributed by atoms with van der Waals surface area (Å²) in [4.78, 5) is 24.1. The normalized spacial score (nSPS) is 16.1. The second kappa shape index (κ2) is 8.50. The van der Waals surface area contributed by atoms with Gasteiger partial charge < -0.3 is 14.8 Å². The van der Waals surface area contributed by atoms with Gasteiger partial charge in [0.25, 0.3) is 5.91 Å². The Balaban J connectivity index is 1.83. The highest BCUT2D eigenvalue weighted by molar-refractivity contribution is 7.88. The summed E-state index contributed by atoms with van der Waals surface area (Å²) in [6, 6.07) is 5.36. The minimum Gasteiger partial charge on any atom is -0.495 e. The second-order valence-electron chi connectivity index (χ2n) is 6.30.